The molecule has 0 radical (unpaired) electrons. The number of amides is 1. The summed E-state index contributed by atoms with van der Waals surface area (Å²) in [6, 6.07) is 12.1. The van der Waals surface area contributed by atoms with Crippen molar-refractivity contribution >= 4 is 47.5 Å². The summed E-state index contributed by atoms with van der Waals surface area (Å²) in [5.41, 5.74) is 3.86. The molecule has 11 nitrogen and oxygen atoms in total. The highest BCUT2D eigenvalue weighted by Gasteiger charge is 2.55. The molecule has 60 heavy (non-hydrogen) atoms. The average Bonchev–Trinajstić information content (AvgIpc) is 3.54. The van der Waals surface area contributed by atoms with Gasteiger partial charge in [-0.25, -0.2) is 0 Å². The van der Waals surface area contributed by atoms with Gasteiger partial charge < -0.3 is 42.9 Å². The van der Waals surface area contributed by atoms with Gasteiger partial charge >= 0.3 is 5.97 Å². The summed E-state index contributed by atoms with van der Waals surface area (Å²) >= 11 is 0. The van der Waals surface area contributed by atoms with E-state index in [9.17, 15) is 9.59 Å². The zero-order valence-corrected chi connectivity index (χ0v) is 38.8. The summed E-state index contributed by atoms with van der Waals surface area (Å²) in [6.45, 7) is 17.2. The standard InChI is InChI=1S/C46H67NO10S2Si/c1-6-19-56-44(48)32-42(45(49)47-34-10-15-40-41(31-34)55-28-26-52-24-22-50-21-23-51-25-27-54-40)59-58-29-8-7-20-53-35-11-13-36-33(30-35)9-12-38-37(36)17-18-46(2)39(38)14-16-43(46)57-60(3,4)5/h6,10-11,13,15,30-31,37-39,42-43H,1,7-9,12,14,16-29,32H2,2-5H3,(H,47,49)/t37-,38-,39+,42?,43+,46+/m1/s1. The molecular formula is C46H67NO10S2Si. The SMILES string of the molecule is C=CCOC(=O)CC(SSCCCCOc1ccc2c(c1)CC[C@@H]1[C@@H]2CC[C@]2(C)[C@@H](O[Si](C)(C)C)CC[C@@H]12)C(=O)Nc1ccc2c(c1)OCCOCCOCCOCCO2. The van der Waals surface area contributed by atoms with Crippen LogP contribution in [0.25, 0.3) is 0 Å². The number of ether oxygens (including phenoxy) is 7. The minimum atomic E-state index is -1.58. The highest BCUT2D eigenvalue weighted by molar-refractivity contribution is 8.77. The molecule has 0 bridgehead atoms. The van der Waals surface area contributed by atoms with Gasteiger partial charge in [-0.15, -0.1) is 0 Å². The molecule has 2 aromatic carbocycles. The first-order valence-corrected chi connectivity index (χ1v) is 27.7. The maximum absolute atomic E-state index is 13.6. The zero-order chi connectivity index (χ0) is 42.4. The molecule has 0 saturated heterocycles. The molecule has 14 heteroatoms. The van der Waals surface area contributed by atoms with E-state index in [0.29, 0.717) is 94.1 Å². The zero-order valence-electron chi connectivity index (χ0n) is 36.2. The molecule has 332 valence electrons. The number of anilines is 1. The molecule has 1 unspecified atom stereocenters. The fourth-order valence-corrected chi connectivity index (χ4v) is 13.1. The van der Waals surface area contributed by atoms with E-state index in [1.54, 1.807) is 34.6 Å². The summed E-state index contributed by atoms with van der Waals surface area (Å²) in [5, 5.41) is 2.30. The summed E-state index contributed by atoms with van der Waals surface area (Å²) in [5.74, 6) is 4.17. The summed E-state index contributed by atoms with van der Waals surface area (Å²) < 4.78 is 46.8. The Morgan fingerprint density at radius 1 is 0.917 bits per heavy atom. The van der Waals surface area contributed by atoms with Crippen LogP contribution in [-0.2, 0) is 39.4 Å². The lowest BCUT2D eigenvalue weighted by molar-refractivity contribution is -0.143. The van der Waals surface area contributed by atoms with E-state index in [0.717, 1.165) is 42.6 Å². The van der Waals surface area contributed by atoms with Crippen molar-refractivity contribution in [2.75, 3.05) is 77.1 Å². The van der Waals surface area contributed by atoms with Crippen molar-refractivity contribution in [3.63, 3.8) is 0 Å². The molecule has 1 N–H and O–H groups in total. The number of benzene rings is 2. The Kier molecular flexibility index (Phi) is 18.0. The third-order valence-corrected chi connectivity index (χ3v) is 15.9. The van der Waals surface area contributed by atoms with Crippen LogP contribution in [0.15, 0.2) is 49.1 Å². The third-order valence-electron chi connectivity index (χ3n) is 12.1. The first kappa shape index (κ1) is 46.8. The van der Waals surface area contributed by atoms with Crippen LogP contribution >= 0.6 is 21.6 Å². The van der Waals surface area contributed by atoms with Crippen LogP contribution in [0, 0.1) is 17.3 Å². The van der Waals surface area contributed by atoms with Crippen molar-refractivity contribution in [1.29, 1.82) is 0 Å². The number of hydrogen-bond donors (Lipinski definition) is 1. The van der Waals surface area contributed by atoms with Crippen LogP contribution in [0.4, 0.5) is 5.69 Å². The fraction of sp³-hybridized carbons (Fsp3) is 0.652. The van der Waals surface area contributed by atoms with E-state index < -0.39 is 19.5 Å². The predicted octanol–water partition coefficient (Wildman–Crippen LogP) is 9.25. The molecule has 1 heterocycles. The van der Waals surface area contributed by atoms with E-state index in [2.05, 4.69) is 56.7 Å². The maximum Gasteiger partial charge on any atom is 0.307 e. The summed E-state index contributed by atoms with van der Waals surface area (Å²) in [4.78, 5) is 26.2. The third kappa shape index (κ3) is 13.4. The van der Waals surface area contributed by atoms with Crippen molar-refractivity contribution < 1.29 is 47.2 Å². The topological polar surface area (TPSA) is 120 Å². The molecule has 0 aromatic heterocycles. The van der Waals surface area contributed by atoms with Crippen molar-refractivity contribution in [3.8, 4) is 17.2 Å². The molecular weight excluding hydrogens is 819 g/mol. The second-order valence-electron chi connectivity index (χ2n) is 17.4. The lowest BCUT2D eigenvalue weighted by Gasteiger charge is -2.51. The molecule has 1 amide bonds. The van der Waals surface area contributed by atoms with Crippen molar-refractivity contribution in [1.82, 2.24) is 0 Å². The number of esters is 1. The number of aryl methyl sites for hydroxylation is 1. The van der Waals surface area contributed by atoms with Gasteiger partial charge in [0.2, 0.25) is 5.91 Å². The smallest absolute Gasteiger partial charge is 0.307 e. The van der Waals surface area contributed by atoms with Gasteiger partial charge in [-0.1, -0.05) is 47.2 Å². The summed E-state index contributed by atoms with van der Waals surface area (Å²) in [7, 11) is 1.38. The molecule has 3 aliphatic carbocycles. The first-order valence-electron chi connectivity index (χ1n) is 22.0. The highest BCUT2D eigenvalue weighted by Crippen LogP contribution is 2.62. The van der Waals surface area contributed by atoms with Crippen LogP contribution in [0.2, 0.25) is 19.6 Å². The minimum Gasteiger partial charge on any atom is -0.494 e. The lowest BCUT2D eigenvalue weighted by Crippen LogP contribution is -2.47. The number of carbonyl (C=O) groups is 2. The van der Waals surface area contributed by atoms with Crippen molar-refractivity contribution in [2.24, 2.45) is 17.3 Å². The Bertz CT molecular complexity index is 1710. The van der Waals surface area contributed by atoms with Crippen LogP contribution in [0.1, 0.15) is 75.3 Å². The molecule has 6 rings (SSSR count). The van der Waals surface area contributed by atoms with Gasteiger partial charge in [0.05, 0.1) is 58.8 Å². The van der Waals surface area contributed by atoms with E-state index >= 15 is 0 Å². The number of fused-ring (bicyclic) bond motifs is 6. The largest absolute Gasteiger partial charge is 0.494 e. The van der Waals surface area contributed by atoms with E-state index in [4.69, 9.17) is 37.6 Å². The molecule has 2 saturated carbocycles. The number of carbonyl (C=O) groups excluding carboxylic acids is 2. The molecule has 2 aromatic rings. The summed E-state index contributed by atoms with van der Waals surface area (Å²) in [6.07, 6.45) is 11.1. The van der Waals surface area contributed by atoms with Gasteiger partial charge in [0.25, 0.3) is 0 Å². The van der Waals surface area contributed by atoms with Crippen molar-refractivity contribution in [2.45, 2.75) is 102 Å². The Hall–Kier alpha value is -2.72. The van der Waals surface area contributed by atoms with Gasteiger partial charge in [-0.05, 0) is 130 Å². The molecule has 0 spiro atoms. The fourth-order valence-electron chi connectivity index (χ4n) is 9.34. The Labute approximate surface area is 366 Å². The maximum atomic E-state index is 13.6. The van der Waals surface area contributed by atoms with E-state index in [1.807, 2.05) is 0 Å². The Morgan fingerprint density at radius 2 is 1.65 bits per heavy atom. The number of rotatable bonds is 16. The quantitative estimate of drug-likeness (QED) is 0.0569. The predicted molar refractivity (Wildman–Crippen MR) is 242 cm³/mol. The second-order valence-corrected chi connectivity index (χ2v) is 24.6. The molecule has 4 aliphatic rings. The number of nitrogens with one attached hydrogen (secondary N) is 1. The van der Waals surface area contributed by atoms with Gasteiger partial charge in [0, 0.05) is 17.5 Å². The lowest BCUT2D eigenvalue weighted by atomic mass is 9.55. The number of unbranched alkanes of at least 4 members (excludes halogenated alkanes) is 1. The average molecular weight is 886 g/mol. The van der Waals surface area contributed by atoms with Crippen LogP contribution in [0.5, 0.6) is 17.2 Å². The normalized spacial score (nSPS) is 25.3. The van der Waals surface area contributed by atoms with E-state index in [-0.39, 0.29) is 18.9 Å². The second kappa shape index (κ2) is 23.1. The van der Waals surface area contributed by atoms with Gasteiger partial charge in [0.1, 0.15) is 30.8 Å². The molecule has 1 aliphatic heterocycles. The molecule has 6 atom stereocenters. The monoisotopic (exact) mass is 885 g/mol. The van der Waals surface area contributed by atoms with Crippen LogP contribution in [0.3, 0.4) is 0 Å². The number of hydrogen-bond acceptors (Lipinski definition) is 12. The Balaban J connectivity index is 0.958. The van der Waals surface area contributed by atoms with Gasteiger partial charge in [-0.3, -0.25) is 9.59 Å². The molecule has 2 fully saturated rings. The highest BCUT2D eigenvalue weighted by atomic mass is 33.1. The van der Waals surface area contributed by atoms with Crippen molar-refractivity contribution in [3.05, 3.63) is 60.2 Å². The van der Waals surface area contributed by atoms with Crippen LogP contribution < -0.4 is 19.5 Å². The van der Waals surface area contributed by atoms with E-state index in [1.165, 1.54) is 54.5 Å². The minimum absolute atomic E-state index is 0.0699. The first-order chi connectivity index (χ1) is 29.0. The Morgan fingerprint density at radius 3 is 2.38 bits per heavy atom. The van der Waals surface area contributed by atoms with Crippen LogP contribution in [-0.4, -0.2) is 103 Å². The van der Waals surface area contributed by atoms with Gasteiger partial charge in [0.15, 0.2) is 19.8 Å². The van der Waals surface area contributed by atoms with Gasteiger partial charge in [-0.2, -0.15) is 0 Å².